The van der Waals surface area contributed by atoms with Crippen LogP contribution in [-0.4, -0.2) is 11.1 Å². The van der Waals surface area contributed by atoms with Crippen molar-refractivity contribution in [2.75, 3.05) is 0 Å². The molecule has 2 nitrogen and oxygen atoms in total. The molecule has 0 aromatic carbocycles. The van der Waals surface area contributed by atoms with Crippen molar-refractivity contribution in [1.29, 1.82) is 0 Å². The smallest absolute Gasteiger partial charge is 0.233 e. The van der Waals surface area contributed by atoms with Crippen molar-refractivity contribution < 1.29 is 0 Å². The predicted molar refractivity (Wildman–Crippen MR) is 46.0 cm³/mol. The summed E-state index contributed by atoms with van der Waals surface area (Å²) in [5, 5.41) is 0. The van der Waals surface area contributed by atoms with Crippen molar-refractivity contribution in [2.45, 2.75) is 44.7 Å². The van der Waals surface area contributed by atoms with Crippen LogP contribution < -0.4 is 5.73 Å². The van der Waals surface area contributed by atoms with E-state index in [1.807, 2.05) is 6.92 Å². The topological polar surface area (TPSA) is 30.4 Å². The molecular formula is C9H16N2. The van der Waals surface area contributed by atoms with Crippen LogP contribution in [0, 0.1) is 12.5 Å². The van der Waals surface area contributed by atoms with Crippen LogP contribution in [-0.2, 0) is 0 Å². The average molecular weight is 152 g/mol. The molecule has 0 aromatic heterocycles. The fourth-order valence-electron chi connectivity index (χ4n) is 1.85. The minimum atomic E-state index is -0.154. The molecule has 1 aliphatic carbocycles. The lowest BCUT2D eigenvalue weighted by atomic mass is 9.60. The van der Waals surface area contributed by atoms with E-state index in [0.29, 0.717) is 5.92 Å². The molecule has 1 aliphatic rings. The fraction of sp³-hybridized carbons (Fsp3) is 0.889. The lowest BCUT2D eigenvalue weighted by Gasteiger charge is -2.47. The molecule has 0 saturated heterocycles. The zero-order valence-electron chi connectivity index (χ0n) is 7.52. The van der Waals surface area contributed by atoms with E-state index in [0.717, 1.165) is 12.8 Å². The van der Waals surface area contributed by atoms with Crippen LogP contribution in [0.3, 0.4) is 0 Å². The largest absolute Gasteiger partial charge is 0.324 e. The molecule has 0 aliphatic heterocycles. The van der Waals surface area contributed by atoms with E-state index >= 15 is 0 Å². The first-order valence-corrected chi connectivity index (χ1v) is 4.09. The van der Waals surface area contributed by atoms with Gasteiger partial charge in [0.1, 0.15) is 0 Å². The molecule has 0 radical (unpaired) electrons. The predicted octanol–water partition coefficient (Wildman–Crippen LogP) is 1.81. The van der Waals surface area contributed by atoms with Gasteiger partial charge in [0.15, 0.2) is 0 Å². The Hall–Kier alpha value is -0.550. The van der Waals surface area contributed by atoms with E-state index in [1.165, 1.54) is 0 Å². The molecule has 1 saturated carbocycles. The first-order chi connectivity index (χ1) is 4.92. The summed E-state index contributed by atoms with van der Waals surface area (Å²) in [5.74, 6) is 0.498. The molecular weight excluding hydrogens is 136 g/mol. The number of nitrogens with two attached hydrogens (primary N) is 1. The second kappa shape index (κ2) is 2.22. The minimum Gasteiger partial charge on any atom is -0.324 e. The van der Waals surface area contributed by atoms with E-state index in [1.54, 1.807) is 0 Å². The van der Waals surface area contributed by atoms with Crippen molar-refractivity contribution in [3.05, 3.63) is 11.4 Å². The molecule has 11 heavy (non-hydrogen) atoms. The summed E-state index contributed by atoms with van der Waals surface area (Å²) < 4.78 is 0. The Bertz CT molecular complexity index is 194. The van der Waals surface area contributed by atoms with Crippen LogP contribution >= 0.6 is 0 Å². The number of rotatable bonds is 1. The molecule has 62 valence electrons. The zero-order chi connectivity index (χ0) is 8.70. The highest BCUT2D eigenvalue weighted by Gasteiger charge is 2.56. The summed E-state index contributed by atoms with van der Waals surface area (Å²) >= 11 is 0. The summed E-state index contributed by atoms with van der Waals surface area (Å²) in [6, 6.07) is 0. The summed E-state index contributed by atoms with van der Waals surface area (Å²) in [5.41, 5.74) is 5.84. The first-order valence-electron chi connectivity index (χ1n) is 4.09. The van der Waals surface area contributed by atoms with Crippen LogP contribution in [0.1, 0.15) is 33.6 Å². The average Bonchev–Trinajstić information content (AvgIpc) is 1.84. The summed E-state index contributed by atoms with van der Waals surface area (Å²) in [4.78, 5) is 3.57. The van der Waals surface area contributed by atoms with Gasteiger partial charge in [0.2, 0.25) is 5.54 Å². The second-order valence-corrected chi connectivity index (χ2v) is 4.35. The van der Waals surface area contributed by atoms with Gasteiger partial charge in [-0.15, -0.1) is 0 Å². The van der Waals surface area contributed by atoms with Gasteiger partial charge in [0.05, 0.1) is 0 Å². The molecule has 0 heterocycles. The second-order valence-electron chi connectivity index (χ2n) is 4.35. The third-order valence-corrected chi connectivity index (χ3v) is 2.84. The van der Waals surface area contributed by atoms with Gasteiger partial charge in [0.25, 0.3) is 0 Å². The zero-order valence-corrected chi connectivity index (χ0v) is 7.52. The van der Waals surface area contributed by atoms with Gasteiger partial charge < -0.3 is 10.6 Å². The van der Waals surface area contributed by atoms with E-state index < -0.39 is 0 Å². The number of nitrogens with zero attached hydrogens (tertiary/aromatic N) is 1. The maximum absolute atomic E-state index is 6.94. The van der Waals surface area contributed by atoms with Crippen LogP contribution in [0.15, 0.2) is 0 Å². The molecule has 1 rings (SSSR count). The van der Waals surface area contributed by atoms with Gasteiger partial charge in [0, 0.05) is 25.3 Å². The summed E-state index contributed by atoms with van der Waals surface area (Å²) in [6.07, 6.45) is 1.72. The fourth-order valence-corrected chi connectivity index (χ4v) is 1.85. The lowest BCUT2D eigenvalue weighted by Crippen LogP contribution is -2.62. The maximum atomic E-state index is 6.94. The summed E-state index contributed by atoms with van der Waals surface area (Å²) in [6.45, 7) is 13.2. The highest BCUT2D eigenvalue weighted by Crippen LogP contribution is 2.46. The molecule has 0 spiro atoms. The Kier molecular flexibility index (Phi) is 1.72. The van der Waals surface area contributed by atoms with Gasteiger partial charge in [-0.1, -0.05) is 13.8 Å². The van der Waals surface area contributed by atoms with Gasteiger partial charge in [-0.3, -0.25) is 0 Å². The molecule has 1 fully saturated rings. The van der Waals surface area contributed by atoms with E-state index in [4.69, 9.17) is 12.3 Å². The number of hydrogen-bond donors (Lipinski definition) is 1. The Morgan fingerprint density at radius 1 is 1.45 bits per heavy atom. The van der Waals surface area contributed by atoms with Crippen molar-refractivity contribution in [2.24, 2.45) is 11.7 Å². The molecule has 0 unspecified atom stereocenters. The van der Waals surface area contributed by atoms with Gasteiger partial charge >= 0.3 is 0 Å². The van der Waals surface area contributed by atoms with E-state index in [2.05, 4.69) is 18.7 Å². The standard InChI is InChI=1S/C9H16N2/c1-7(2)9(10)5-8(3,6-9)11-4/h7H,5-6,10H2,1-3H3. The normalized spacial score (nSPS) is 43.3. The van der Waals surface area contributed by atoms with Crippen molar-refractivity contribution in [3.63, 3.8) is 0 Å². The third-order valence-electron chi connectivity index (χ3n) is 2.84. The Morgan fingerprint density at radius 3 is 2.18 bits per heavy atom. The Labute approximate surface area is 68.6 Å². The Balaban J connectivity index is 2.58. The molecule has 0 atom stereocenters. The third kappa shape index (κ3) is 1.25. The minimum absolute atomic E-state index is 0.0562. The highest BCUT2D eigenvalue weighted by molar-refractivity contribution is 5.17. The molecule has 2 N–H and O–H groups in total. The maximum Gasteiger partial charge on any atom is 0.233 e. The van der Waals surface area contributed by atoms with Crippen molar-refractivity contribution in [1.82, 2.24) is 0 Å². The lowest BCUT2D eigenvalue weighted by molar-refractivity contribution is 0.107. The van der Waals surface area contributed by atoms with E-state index in [-0.39, 0.29) is 11.1 Å². The highest BCUT2D eigenvalue weighted by atomic mass is 14.9. The summed E-state index contributed by atoms with van der Waals surface area (Å²) in [7, 11) is 0. The van der Waals surface area contributed by atoms with Crippen molar-refractivity contribution in [3.8, 4) is 0 Å². The van der Waals surface area contributed by atoms with Crippen molar-refractivity contribution >= 4 is 0 Å². The molecule has 0 amide bonds. The van der Waals surface area contributed by atoms with Gasteiger partial charge in [-0.25, -0.2) is 6.57 Å². The van der Waals surface area contributed by atoms with Crippen LogP contribution in [0.2, 0.25) is 0 Å². The molecule has 2 heteroatoms. The molecule has 0 aromatic rings. The first kappa shape index (κ1) is 8.55. The van der Waals surface area contributed by atoms with Gasteiger partial charge in [-0.2, -0.15) is 0 Å². The Morgan fingerprint density at radius 2 is 1.91 bits per heavy atom. The quantitative estimate of drug-likeness (QED) is 0.571. The SMILES string of the molecule is [C-]#[N+]C1(C)CC(N)(C(C)C)C1. The number of hydrogen-bond acceptors (Lipinski definition) is 1. The molecule has 0 bridgehead atoms. The van der Waals surface area contributed by atoms with Crippen LogP contribution in [0.4, 0.5) is 0 Å². The monoisotopic (exact) mass is 152 g/mol. The van der Waals surface area contributed by atoms with Gasteiger partial charge in [-0.05, 0) is 5.92 Å². The van der Waals surface area contributed by atoms with E-state index in [9.17, 15) is 0 Å². The van der Waals surface area contributed by atoms with Crippen LogP contribution in [0.25, 0.3) is 4.85 Å². The van der Waals surface area contributed by atoms with Crippen LogP contribution in [0.5, 0.6) is 0 Å².